The van der Waals surface area contributed by atoms with Gasteiger partial charge >= 0.3 is 11.9 Å². The number of esters is 2. The summed E-state index contributed by atoms with van der Waals surface area (Å²) in [6, 6.07) is 0. The van der Waals surface area contributed by atoms with Crippen LogP contribution in [0.1, 0.15) is 33.1 Å². The molecule has 2 saturated carbocycles. The zero-order valence-corrected chi connectivity index (χ0v) is 13.6. The maximum absolute atomic E-state index is 12.5. The molecule has 0 aromatic rings. The molecule has 1 N–H and O–H groups in total. The van der Waals surface area contributed by atoms with E-state index in [1.54, 1.807) is 0 Å². The van der Waals surface area contributed by atoms with Crippen molar-refractivity contribution >= 4 is 11.9 Å². The topological polar surface area (TPSA) is 82.1 Å². The van der Waals surface area contributed by atoms with E-state index in [1.165, 1.54) is 13.2 Å². The number of aliphatic hydroxyl groups excluding tert-OH is 1. The molecular formula is C17H22O6. The Labute approximate surface area is 134 Å². The summed E-state index contributed by atoms with van der Waals surface area (Å²) in [5.74, 6) is -1.31. The average Bonchev–Trinajstić information content (AvgIpc) is 2.78. The van der Waals surface area contributed by atoms with Crippen molar-refractivity contribution in [2.24, 2.45) is 22.7 Å². The molecule has 4 rings (SSSR count). The molecule has 1 saturated heterocycles. The minimum absolute atomic E-state index is 0.128. The van der Waals surface area contributed by atoms with E-state index >= 15 is 0 Å². The van der Waals surface area contributed by atoms with Crippen LogP contribution in [0.5, 0.6) is 0 Å². The van der Waals surface area contributed by atoms with Crippen LogP contribution in [0.25, 0.3) is 0 Å². The molecule has 7 atom stereocenters. The molecule has 2 heterocycles. The number of fused-ring (bicyclic) bond motifs is 2. The lowest BCUT2D eigenvalue weighted by molar-refractivity contribution is -0.211. The number of ether oxygens (including phenoxy) is 3. The normalized spacial score (nSPS) is 51.3. The summed E-state index contributed by atoms with van der Waals surface area (Å²) in [6.45, 7) is 4.01. The monoisotopic (exact) mass is 322 g/mol. The number of rotatable bonds is 1. The van der Waals surface area contributed by atoms with E-state index in [4.69, 9.17) is 14.2 Å². The fourth-order valence-electron chi connectivity index (χ4n) is 5.59. The largest absolute Gasteiger partial charge is 0.459 e. The van der Waals surface area contributed by atoms with E-state index in [9.17, 15) is 14.7 Å². The van der Waals surface area contributed by atoms with Gasteiger partial charge in [0.05, 0.1) is 11.3 Å². The Kier molecular flexibility index (Phi) is 3.01. The average molecular weight is 322 g/mol. The summed E-state index contributed by atoms with van der Waals surface area (Å²) >= 11 is 0. The first kappa shape index (κ1) is 15.1. The molecule has 0 unspecified atom stereocenters. The van der Waals surface area contributed by atoms with Gasteiger partial charge in [0.15, 0.2) is 0 Å². The molecule has 3 fully saturated rings. The molecular weight excluding hydrogens is 300 g/mol. The predicted molar refractivity (Wildman–Crippen MR) is 77.9 cm³/mol. The number of aliphatic hydroxyl groups is 1. The highest BCUT2D eigenvalue weighted by Gasteiger charge is 2.70. The first-order chi connectivity index (χ1) is 10.8. The summed E-state index contributed by atoms with van der Waals surface area (Å²) in [5.41, 5.74) is -0.128. The fraction of sp³-hybridized carbons (Fsp3) is 0.765. The van der Waals surface area contributed by atoms with Gasteiger partial charge in [-0.15, -0.1) is 0 Å². The number of carbonyl (C=O) groups excluding carboxylic acids is 2. The summed E-state index contributed by atoms with van der Waals surface area (Å²) in [5, 5.41) is 10.9. The molecule has 2 aliphatic heterocycles. The Morgan fingerprint density at radius 2 is 1.91 bits per heavy atom. The Balaban J connectivity index is 1.89. The van der Waals surface area contributed by atoms with Crippen LogP contribution in [0, 0.1) is 22.7 Å². The second-order valence-corrected chi connectivity index (χ2v) is 7.69. The van der Waals surface area contributed by atoms with Crippen molar-refractivity contribution in [3.8, 4) is 0 Å². The van der Waals surface area contributed by atoms with Crippen molar-refractivity contribution in [2.45, 2.75) is 51.6 Å². The van der Waals surface area contributed by atoms with Crippen molar-refractivity contribution < 1.29 is 28.9 Å². The van der Waals surface area contributed by atoms with Crippen LogP contribution >= 0.6 is 0 Å². The smallest absolute Gasteiger partial charge is 0.333 e. The predicted octanol–water partition coefficient (Wildman–Crippen LogP) is 1.17. The summed E-state index contributed by atoms with van der Waals surface area (Å²) < 4.78 is 16.1. The van der Waals surface area contributed by atoms with E-state index in [2.05, 4.69) is 6.92 Å². The lowest BCUT2D eigenvalue weighted by Crippen LogP contribution is -2.61. The molecule has 6 nitrogen and oxygen atoms in total. The van der Waals surface area contributed by atoms with E-state index in [-0.39, 0.29) is 17.3 Å². The molecule has 4 aliphatic rings. The van der Waals surface area contributed by atoms with Gasteiger partial charge in [0.25, 0.3) is 0 Å². The van der Waals surface area contributed by atoms with Gasteiger partial charge in [-0.05, 0) is 30.8 Å². The molecule has 0 bridgehead atoms. The Hall–Kier alpha value is -1.40. The van der Waals surface area contributed by atoms with Gasteiger partial charge in [0.1, 0.15) is 12.2 Å². The van der Waals surface area contributed by atoms with Gasteiger partial charge in [-0.3, -0.25) is 4.79 Å². The number of methoxy groups -OCH3 is 1. The van der Waals surface area contributed by atoms with Crippen LogP contribution in [-0.4, -0.2) is 42.7 Å². The van der Waals surface area contributed by atoms with Crippen molar-refractivity contribution in [2.75, 3.05) is 7.11 Å². The van der Waals surface area contributed by atoms with Crippen LogP contribution in [0.15, 0.2) is 11.6 Å². The van der Waals surface area contributed by atoms with E-state index in [1.807, 2.05) is 6.92 Å². The molecule has 126 valence electrons. The number of hydrogen-bond donors (Lipinski definition) is 1. The number of carbonyl (C=O) groups is 2. The third-order valence-corrected chi connectivity index (χ3v) is 6.56. The molecule has 0 radical (unpaired) electrons. The second-order valence-electron chi connectivity index (χ2n) is 7.69. The summed E-state index contributed by atoms with van der Waals surface area (Å²) in [6.07, 6.45) is 1.65. The highest BCUT2D eigenvalue weighted by atomic mass is 16.7. The van der Waals surface area contributed by atoms with Gasteiger partial charge < -0.3 is 19.3 Å². The van der Waals surface area contributed by atoms with Crippen molar-refractivity contribution in [1.29, 1.82) is 0 Å². The molecule has 6 heteroatoms. The van der Waals surface area contributed by atoms with Crippen LogP contribution in [0.4, 0.5) is 0 Å². The first-order valence-electron chi connectivity index (χ1n) is 8.17. The lowest BCUT2D eigenvalue weighted by atomic mass is 9.47. The van der Waals surface area contributed by atoms with Crippen molar-refractivity contribution in [1.82, 2.24) is 0 Å². The van der Waals surface area contributed by atoms with Crippen LogP contribution in [0.2, 0.25) is 0 Å². The second kappa shape index (κ2) is 4.57. The summed E-state index contributed by atoms with van der Waals surface area (Å²) in [4.78, 5) is 24.5. The standard InChI is InChI=1S/C17H22O6/c1-16-5-4-6-17(2)13(16)12(23-15(17)20)11(19)10-8(16)7-9(18)22-14(10)21-3/h7,10-14,19H,4-6H2,1-3H3/t10-,11+,12-,13-,14+,16-,17+/m1/s1. The zero-order valence-electron chi connectivity index (χ0n) is 13.6. The minimum atomic E-state index is -0.929. The molecule has 0 aromatic heterocycles. The number of cyclic esters (lactones) is 1. The third-order valence-electron chi connectivity index (χ3n) is 6.56. The third kappa shape index (κ3) is 1.71. The highest BCUT2D eigenvalue weighted by molar-refractivity contribution is 5.85. The van der Waals surface area contributed by atoms with Gasteiger partial charge in [-0.25, -0.2) is 4.79 Å². The zero-order chi connectivity index (χ0) is 16.6. The van der Waals surface area contributed by atoms with Crippen LogP contribution < -0.4 is 0 Å². The first-order valence-corrected chi connectivity index (χ1v) is 8.17. The highest BCUT2D eigenvalue weighted by Crippen LogP contribution is 2.65. The quantitative estimate of drug-likeness (QED) is 0.730. The molecule has 0 amide bonds. The number of hydrogen-bond acceptors (Lipinski definition) is 6. The van der Waals surface area contributed by atoms with Crippen molar-refractivity contribution in [3.05, 3.63) is 11.6 Å². The van der Waals surface area contributed by atoms with Crippen molar-refractivity contribution in [3.63, 3.8) is 0 Å². The molecule has 23 heavy (non-hydrogen) atoms. The Morgan fingerprint density at radius 1 is 1.22 bits per heavy atom. The van der Waals surface area contributed by atoms with Gasteiger partial charge in [-0.1, -0.05) is 13.3 Å². The fourth-order valence-corrected chi connectivity index (χ4v) is 5.59. The Morgan fingerprint density at radius 3 is 2.61 bits per heavy atom. The Bertz CT molecular complexity index is 612. The minimum Gasteiger partial charge on any atom is -0.459 e. The SMILES string of the molecule is CO[C@H]1OC(=O)C=C2[C@@H]1[C@H](O)[C@H]1OC(=O)[C@@]3(C)CCC[C@@]2(C)[C@@H]13. The van der Waals surface area contributed by atoms with E-state index in [0.717, 1.165) is 24.8 Å². The van der Waals surface area contributed by atoms with Crippen LogP contribution in [0.3, 0.4) is 0 Å². The van der Waals surface area contributed by atoms with E-state index in [0.29, 0.717) is 0 Å². The van der Waals surface area contributed by atoms with Crippen LogP contribution in [-0.2, 0) is 23.8 Å². The maximum atomic E-state index is 12.5. The molecule has 0 aromatic carbocycles. The van der Waals surface area contributed by atoms with Gasteiger partial charge in [0, 0.05) is 19.1 Å². The van der Waals surface area contributed by atoms with Gasteiger partial charge in [0.2, 0.25) is 6.29 Å². The molecule has 0 spiro atoms. The van der Waals surface area contributed by atoms with Gasteiger partial charge in [-0.2, -0.15) is 0 Å². The van der Waals surface area contributed by atoms with E-state index < -0.39 is 35.8 Å². The summed E-state index contributed by atoms with van der Waals surface area (Å²) in [7, 11) is 1.45. The molecule has 2 aliphatic carbocycles. The maximum Gasteiger partial charge on any atom is 0.333 e. The lowest BCUT2D eigenvalue weighted by Gasteiger charge is -2.56.